The van der Waals surface area contributed by atoms with Crippen LogP contribution in [0.2, 0.25) is 0 Å². The molecule has 2 aliphatic rings. The van der Waals surface area contributed by atoms with E-state index in [9.17, 15) is 0 Å². The van der Waals surface area contributed by atoms with Crippen molar-refractivity contribution in [1.29, 1.82) is 0 Å². The van der Waals surface area contributed by atoms with Crippen LogP contribution in [0.3, 0.4) is 0 Å². The van der Waals surface area contributed by atoms with Crippen LogP contribution in [0.1, 0.15) is 71.6 Å². The van der Waals surface area contributed by atoms with Gasteiger partial charge in [-0.3, -0.25) is 0 Å². The fraction of sp³-hybridized carbons (Fsp3) is 0.789. The fourth-order valence-corrected chi connectivity index (χ4v) is 3.01. The molecule has 1 heterocycles. The van der Waals surface area contributed by atoms with E-state index in [1.165, 1.54) is 57.8 Å². The summed E-state index contributed by atoms with van der Waals surface area (Å²) >= 11 is 0. The van der Waals surface area contributed by atoms with Gasteiger partial charge in [-0.2, -0.15) is 0 Å². The van der Waals surface area contributed by atoms with Gasteiger partial charge >= 0.3 is 0 Å². The summed E-state index contributed by atoms with van der Waals surface area (Å²) in [5.74, 6) is 0. The molecule has 0 radical (unpaired) electrons. The highest BCUT2D eigenvalue weighted by molar-refractivity contribution is 5.31. The van der Waals surface area contributed by atoms with Crippen LogP contribution >= 0.6 is 0 Å². The molecule has 1 aliphatic carbocycles. The molecular formula is C19H32O2. The van der Waals surface area contributed by atoms with Crippen molar-refractivity contribution in [2.45, 2.75) is 89.4 Å². The number of unbranched alkanes of at least 4 members (excludes halogenated alkanes) is 7. The molecule has 0 saturated carbocycles. The second-order valence-corrected chi connectivity index (χ2v) is 6.62. The molecule has 120 valence electrons. The van der Waals surface area contributed by atoms with E-state index in [0.29, 0.717) is 12.7 Å². The first-order chi connectivity index (χ1) is 10.3. The van der Waals surface area contributed by atoms with Crippen LogP contribution < -0.4 is 0 Å². The lowest BCUT2D eigenvalue weighted by atomic mass is 10.0. The van der Waals surface area contributed by atoms with Crippen molar-refractivity contribution >= 4 is 0 Å². The van der Waals surface area contributed by atoms with Gasteiger partial charge in [0.15, 0.2) is 0 Å². The van der Waals surface area contributed by atoms with Crippen LogP contribution in [0.5, 0.6) is 0 Å². The maximum atomic E-state index is 5.98. The van der Waals surface area contributed by atoms with Gasteiger partial charge in [0.2, 0.25) is 0 Å². The zero-order valence-corrected chi connectivity index (χ0v) is 13.9. The smallest absolute Gasteiger partial charge is 0.140 e. The topological polar surface area (TPSA) is 21.8 Å². The minimum atomic E-state index is -0.123. The Morgan fingerprint density at radius 2 is 1.76 bits per heavy atom. The van der Waals surface area contributed by atoms with Gasteiger partial charge in [-0.1, -0.05) is 76.5 Å². The van der Waals surface area contributed by atoms with Gasteiger partial charge < -0.3 is 9.47 Å². The molecule has 2 heteroatoms. The summed E-state index contributed by atoms with van der Waals surface area (Å²) in [5.41, 5.74) is -0.123. The first kappa shape index (κ1) is 16.8. The Morgan fingerprint density at radius 3 is 2.48 bits per heavy atom. The molecule has 0 aromatic heterocycles. The molecule has 21 heavy (non-hydrogen) atoms. The lowest BCUT2D eigenvalue weighted by Gasteiger charge is -2.16. The number of rotatable bonds is 12. The number of fused-ring (bicyclic) bond motifs is 1. The van der Waals surface area contributed by atoms with Crippen molar-refractivity contribution in [3.63, 3.8) is 0 Å². The van der Waals surface area contributed by atoms with Gasteiger partial charge in [0.1, 0.15) is 11.7 Å². The van der Waals surface area contributed by atoms with Gasteiger partial charge in [-0.05, 0) is 19.4 Å². The first-order valence-corrected chi connectivity index (χ1v) is 8.92. The molecule has 0 aromatic rings. The standard InChI is InChI=1S/C19H32O2/c1-3-4-5-6-7-8-9-10-13-17(2)20-16-19-15-12-11-14-18(19)21-19/h11-12,14-15,17-18H,3-10,13,16H2,1-2H3. The summed E-state index contributed by atoms with van der Waals surface area (Å²) in [4.78, 5) is 0. The van der Waals surface area contributed by atoms with Crippen molar-refractivity contribution in [3.05, 3.63) is 24.3 Å². The van der Waals surface area contributed by atoms with E-state index in [-0.39, 0.29) is 11.7 Å². The number of ether oxygens (including phenoxy) is 2. The summed E-state index contributed by atoms with van der Waals surface area (Å²) in [6, 6.07) is 0. The molecule has 0 N–H and O–H groups in total. The Hall–Kier alpha value is -0.600. The lowest BCUT2D eigenvalue weighted by Crippen LogP contribution is -2.24. The molecular weight excluding hydrogens is 260 g/mol. The Morgan fingerprint density at radius 1 is 1.05 bits per heavy atom. The Bertz CT molecular complexity index is 347. The predicted molar refractivity (Wildman–Crippen MR) is 88.5 cm³/mol. The zero-order chi connectivity index (χ0) is 15.0. The minimum Gasteiger partial charge on any atom is -0.375 e. The highest BCUT2D eigenvalue weighted by atomic mass is 16.6. The Labute approximate surface area is 130 Å². The van der Waals surface area contributed by atoms with Gasteiger partial charge in [-0.15, -0.1) is 0 Å². The third-order valence-electron chi connectivity index (χ3n) is 4.60. The Balaban J connectivity index is 1.43. The summed E-state index contributed by atoms with van der Waals surface area (Å²) in [6.07, 6.45) is 21.2. The van der Waals surface area contributed by atoms with Crippen LogP contribution in [-0.2, 0) is 9.47 Å². The molecule has 2 rings (SSSR count). The van der Waals surface area contributed by atoms with E-state index in [2.05, 4.69) is 38.2 Å². The SMILES string of the molecule is CCCCCCCCCCC(C)OCC12C=CC=CC1O2. The van der Waals surface area contributed by atoms with Gasteiger partial charge in [0, 0.05) is 0 Å². The van der Waals surface area contributed by atoms with Crippen LogP contribution in [0.4, 0.5) is 0 Å². The van der Waals surface area contributed by atoms with E-state index in [4.69, 9.17) is 9.47 Å². The largest absolute Gasteiger partial charge is 0.375 e. The highest BCUT2D eigenvalue weighted by Crippen LogP contribution is 2.41. The third kappa shape index (κ3) is 5.60. The average Bonchev–Trinajstić information content (AvgIpc) is 3.23. The van der Waals surface area contributed by atoms with Gasteiger partial charge in [0.25, 0.3) is 0 Å². The normalized spacial score (nSPS) is 27.6. The summed E-state index contributed by atoms with van der Waals surface area (Å²) in [6.45, 7) is 5.17. The molecule has 1 saturated heterocycles. The monoisotopic (exact) mass is 292 g/mol. The molecule has 2 nitrogen and oxygen atoms in total. The van der Waals surface area contributed by atoms with Crippen LogP contribution in [0, 0.1) is 0 Å². The van der Waals surface area contributed by atoms with E-state index in [0.717, 1.165) is 0 Å². The van der Waals surface area contributed by atoms with Crippen molar-refractivity contribution in [2.24, 2.45) is 0 Å². The average molecular weight is 292 g/mol. The molecule has 3 atom stereocenters. The van der Waals surface area contributed by atoms with Crippen LogP contribution in [0.15, 0.2) is 24.3 Å². The van der Waals surface area contributed by atoms with E-state index >= 15 is 0 Å². The molecule has 1 aliphatic heterocycles. The van der Waals surface area contributed by atoms with Crippen molar-refractivity contribution in [2.75, 3.05) is 6.61 Å². The number of hydrogen-bond acceptors (Lipinski definition) is 2. The number of hydrogen-bond donors (Lipinski definition) is 0. The van der Waals surface area contributed by atoms with Crippen molar-refractivity contribution < 1.29 is 9.47 Å². The Kier molecular flexibility index (Phi) is 6.98. The number of epoxide rings is 1. The molecule has 1 fully saturated rings. The third-order valence-corrected chi connectivity index (χ3v) is 4.60. The molecule has 3 unspecified atom stereocenters. The molecule has 0 aromatic carbocycles. The highest BCUT2D eigenvalue weighted by Gasteiger charge is 2.54. The van der Waals surface area contributed by atoms with Gasteiger partial charge in [0.05, 0.1) is 12.7 Å². The summed E-state index contributed by atoms with van der Waals surface area (Å²) in [5, 5.41) is 0. The van der Waals surface area contributed by atoms with E-state index < -0.39 is 0 Å². The van der Waals surface area contributed by atoms with Crippen molar-refractivity contribution in [3.8, 4) is 0 Å². The fourth-order valence-electron chi connectivity index (χ4n) is 3.01. The minimum absolute atomic E-state index is 0.123. The zero-order valence-electron chi connectivity index (χ0n) is 13.9. The van der Waals surface area contributed by atoms with Crippen LogP contribution in [-0.4, -0.2) is 24.4 Å². The predicted octanol–water partition coefficient (Wildman–Crippen LogP) is 5.19. The quantitative estimate of drug-likeness (QED) is 0.365. The maximum absolute atomic E-state index is 5.98. The second kappa shape index (κ2) is 8.75. The molecule has 0 spiro atoms. The van der Waals surface area contributed by atoms with Gasteiger partial charge in [-0.25, -0.2) is 0 Å². The van der Waals surface area contributed by atoms with E-state index in [1.54, 1.807) is 0 Å². The maximum Gasteiger partial charge on any atom is 0.140 e. The number of allylic oxidation sites excluding steroid dienone is 2. The second-order valence-electron chi connectivity index (χ2n) is 6.62. The first-order valence-electron chi connectivity index (χ1n) is 8.92. The van der Waals surface area contributed by atoms with Crippen molar-refractivity contribution in [1.82, 2.24) is 0 Å². The lowest BCUT2D eigenvalue weighted by molar-refractivity contribution is 0.0327. The molecule has 0 bridgehead atoms. The van der Waals surface area contributed by atoms with Crippen LogP contribution in [0.25, 0.3) is 0 Å². The summed E-state index contributed by atoms with van der Waals surface area (Å²) in [7, 11) is 0. The summed E-state index contributed by atoms with van der Waals surface area (Å²) < 4.78 is 11.7. The molecule has 0 amide bonds. The van der Waals surface area contributed by atoms with E-state index in [1.807, 2.05) is 0 Å².